The molecule has 2 N–H and O–H groups in total. The minimum atomic E-state index is -3.34. The topological polar surface area (TPSA) is 63.4 Å². The van der Waals surface area contributed by atoms with Crippen molar-refractivity contribution in [2.45, 2.75) is 55.9 Å². The van der Waals surface area contributed by atoms with E-state index in [1.165, 1.54) is 11.3 Å². The van der Waals surface area contributed by atoms with Crippen molar-refractivity contribution >= 4 is 21.4 Å². The summed E-state index contributed by atoms with van der Waals surface area (Å²) in [5.74, 6) is 0. The van der Waals surface area contributed by atoms with Gasteiger partial charge >= 0.3 is 0 Å². The van der Waals surface area contributed by atoms with E-state index in [1.807, 2.05) is 13.8 Å². The molecule has 0 bridgehead atoms. The van der Waals surface area contributed by atoms with E-state index in [-0.39, 0.29) is 12.1 Å². The summed E-state index contributed by atoms with van der Waals surface area (Å²) < 4.78 is 27.4. The van der Waals surface area contributed by atoms with Gasteiger partial charge in [0, 0.05) is 23.5 Å². The van der Waals surface area contributed by atoms with E-state index in [1.54, 1.807) is 16.4 Å². The van der Waals surface area contributed by atoms with E-state index in [0.717, 1.165) is 24.1 Å². The second kappa shape index (κ2) is 5.28. The fraction of sp³-hybridized carbons (Fsp3) is 0.667. The summed E-state index contributed by atoms with van der Waals surface area (Å²) in [6, 6.07) is 3.73. The first-order chi connectivity index (χ1) is 8.50. The Kier molecular flexibility index (Phi) is 4.11. The standard InChI is InChI=1S/C12H20N2O2S2/c1-3-10-5-4-9(2)14(10)18(15,16)12-7-6-11(8-13)17-12/h6-7,9-10H,3-5,8,13H2,1-2H3. The van der Waals surface area contributed by atoms with E-state index in [4.69, 9.17) is 5.73 Å². The van der Waals surface area contributed by atoms with Crippen molar-refractivity contribution in [1.82, 2.24) is 4.31 Å². The molecule has 2 rings (SSSR count). The molecule has 2 heterocycles. The van der Waals surface area contributed by atoms with Gasteiger partial charge in [-0.25, -0.2) is 8.42 Å². The van der Waals surface area contributed by atoms with Crippen LogP contribution < -0.4 is 5.73 Å². The van der Waals surface area contributed by atoms with Crippen molar-refractivity contribution in [1.29, 1.82) is 0 Å². The van der Waals surface area contributed by atoms with E-state index in [9.17, 15) is 8.42 Å². The highest BCUT2D eigenvalue weighted by molar-refractivity contribution is 7.91. The van der Waals surface area contributed by atoms with Gasteiger partial charge in [0.05, 0.1) is 0 Å². The number of nitrogens with two attached hydrogens (primary N) is 1. The molecule has 1 saturated heterocycles. The molecule has 1 fully saturated rings. The van der Waals surface area contributed by atoms with Gasteiger partial charge in [0.25, 0.3) is 10.0 Å². The molecule has 18 heavy (non-hydrogen) atoms. The van der Waals surface area contributed by atoms with Crippen LogP contribution in [0.25, 0.3) is 0 Å². The molecule has 0 amide bonds. The molecule has 0 aliphatic carbocycles. The second-order valence-electron chi connectivity index (χ2n) is 4.75. The zero-order valence-electron chi connectivity index (χ0n) is 10.8. The molecule has 2 atom stereocenters. The molecular weight excluding hydrogens is 268 g/mol. The first-order valence-corrected chi connectivity index (χ1v) is 8.58. The Morgan fingerprint density at radius 1 is 1.44 bits per heavy atom. The van der Waals surface area contributed by atoms with Crippen molar-refractivity contribution in [2.24, 2.45) is 5.73 Å². The number of sulfonamides is 1. The lowest BCUT2D eigenvalue weighted by atomic mass is 10.2. The van der Waals surface area contributed by atoms with Crippen LogP contribution in [0.1, 0.15) is 38.0 Å². The minimum Gasteiger partial charge on any atom is -0.326 e. The number of hydrogen-bond acceptors (Lipinski definition) is 4. The predicted octanol–water partition coefficient (Wildman–Crippen LogP) is 2.16. The van der Waals surface area contributed by atoms with Gasteiger partial charge in [0.1, 0.15) is 4.21 Å². The van der Waals surface area contributed by atoms with Crippen LogP contribution in [-0.4, -0.2) is 24.8 Å². The van der Waals surface area contributed by atoms with E-state index >= 15 is 0 Å². The zero-order chi connectivity index (χ0) is 13.3. The Morgan fingerprint density at radius 2 is 2.17 bits per heavy atom. The molecule has 1 aliphatic rings. The van der Waals surface area contributed by atoms with Crippen LogP contribution in [0.2, 0.25) is 0 Å². The molecule has 0 aromatic carbocycles. The molecule has 6 heteroatoms. The highest BCUT2D eigenvalue weighted by Gasteiger charge is 2.39. The second-order valence-corrected chi connectivity index (χ2v) is 7.99. The normalized spacial score (nSPS) is 25.7. The molecule has 4 nitrogen and oxygen atoms in total. The van der Waals surface area contributed by atoms with Gasteiger partial charge in [-0.3, -0.25) is 0 Å². The molecule has 102 valence electrons. The fourth-order valence-electron chi connectivity index (χ4n) is 2.58. The van der Waals surface area contributed by atoms with Crippen LogP contribution in [0.4, 0.5) is 0 Å². The van der Waals surface area contributed by atoms with Crippen LogP contribution in [0.15, 0.2) is 16.3 Å². The largest absolute Gasteiger partial charge is 0.326 e. The fourth-order valence-corrected chi connectivity index (χ4v) is 5.86. The summed E-state index contributed by atoms with van der Waals surface area (Å²) in [7, 11) is -3.34. The summed E-state index contributed by atoms with van der Waals surface area (Å²) in [5, 5.41) is 0. The van der Waals surface area contributed by atoms with Gasteiger partial charge in [-0.05, 0) is 38.3 Å². The number of thiophene rings is 1. The van der Waals surface area contributed by atoms with Crippen LogP contribution in [-0.2, 0) is 16.6 Å². The third kappa shape index (κ3) is 2.34. The van der Waals surface area contributed by atoms with E-state index < -0.39 is 10.0 Å². The highest BCUT2D eigenvalue weighted by Crippen LogP contribution is 2.34. The molecular formula is C12H20N2O2S2. The Labute approximate surface area is 113 Å². The van der Waals surface area contributed by atoms with Crippen molar-refractivity contribution in [3.63, 3.8) is 0 Å². The van der Waals surface area contributed by atoms with Crippen molar-refractivity contribution in [3.05, 3.63) is 17.0 Å². The Morgan fingerprint density at radius 3 is 2.72 bits per heavy atom. The van der Waals surface area contributed by atoms with E-state index in [0.29, 0.717) is 10.8 Å². The molecule has 2 unspecified atom stereocenters. The van der Waals surface area contributed by atoms with Gasteiger partial charge in [0.15, 0.2) is 0 Å². The van der Waals surface area contributed by atoms with Gasteiger partial charge in [-0.1, -0.05) is 6.92 Å². The minimum absolute atomic E-state index is 0.100. The first-order valence-electron chi connectivity index (χ1n) is 6.33. The smallest absolute Gasteiger partial charge is 0.253 e. The summed E-state index contributed by atoms with van der Waals surface area (Å²) in [4.78, 5) is 0.911. The summed E-state index contributed by atoms with van der Waals surface area (Å²) in [6.07, 6.45) is 2.79. The van der Waals surface area contributed by atoms with Gasteiger partial charge in [0.2, 0.25) is 0 Å². The van der Waals surface area contributed by atoms with Crippen LogP contribution >= 0.6 is 11.3 Å². The third-order valence-corrected chi connectivity index (χ3v) is 7.19. The van der Waals surface area contributed by atoms with Crippen molar-refractivity contribution in [3.8, 4) is 0 Å². The molecule has 0 radical (unpaired) electrons. The first kappa shape index (κ1) is 14.0. The monoisotopic (exact) mass is 288 g/mol. The number of hydrogen-bond donors (Lipinski definition) is 1. The maximum Gasteiger partial charge on any atom is 0.253 e. The summed E-state index contributed by atoms with van der Waals surface area (Å²) in [6.45, 7) is 4.43. The quantitative estimate of drug-likeness (QED) is 0.923. The number of rotatable bonds is 4. The average Bonchev–Trinajstić information content (AvgIpc) is 2.95. The average molecular weight is 288 g/mol. The lowest BCUT2D eigenvalue weighted by Gasteiger charge is -2.26. The van der Waals surface area contributed by atoms with Gasteiger partial charge in [-0.2, -0.15) is 4.31 Å². The molecule has 0 saturated carbocycles. The highest BCUT2D eigenvalue weighted by atomic mass is 32.2. The van der Waals surface area contributed by atoms with E-state index in [2.05, 4.69) is 0 Å². The Bertz CT molecular complexity index is 510. The van der Waals surface area contributed by atoms with Gasteiger partial charge < -0.3 is 5.73 Å². The van der Waals surface area contributed by atoms with Crippen molar-refractivity contribution in [2.75, 3.05) is 0 Å². The lowest BCUT2D eigenvalue weighted by molar-refractivity contribution is 0.329. The molecule has 1 aliphatic heterocycles. The predicted molar refractivity (Wildman–Crippen MR) is 74.0 cm³/mol. The number of nitrogens with zero attached hydrogens (tertiary/aromatic N) is 1. The molecule has 1 aromatic heterocycles. The van der Waals surface area contributed by atoms with Crippen LogP contribution in [0.5, 0.6) is 0 Å². The molecule has 0 spiro atoms. The van der Waals surface area contributed by atoms with Crippen LogP contribution in [0.3, 0.4) is 0 Å². The SMILES string of the molecule is CCC1CCC(C)N1S(=O)(=O)c1ccc(CN)s1. The Balaban J connectivity index is 2.35. The van der Waals surface area contributed by atoms with Crippen molar-refractivity contribution < 1.29 is 8.42 Å². The lowest BCUT2D eigenvalue weighted by Crippen LogP contribution is -2.39. The van der Waals surface area contributed by atoms with Crippen LogP contribution in [0, 0.1) is 0 Å². The third-order valence-electron chi connectivity index (χ3n) is 3.55. The Hall–Kier alpha value is -0.430. The summed E-state index contributed by atoms with van der Waals surface area (Å²) >= 11 is 1.29. The maximum atomic E-state index is 12.6. The zero-order valence-corrected chi connectivity index (χ0v) is 12.4. The summed E-state index contributed by atoms with van der Waals surface area (Å²) in [5.41, 5.74) is 5.54. The van der Waals surface area contributed by atoms with Gasteiger partial charge in [-0.15, -0.1) is 11.3 Å². The molecule has 1 aromatic rings. The maximum absolute atomic E-state index is 12.6.